The second-order valence-corrected chi connectivity index (χ2v) is 12.9. The normalized spacial score (nSPS) is 11.4. The number of halogens is 9. The van der Waals surface area contributed by atoms with Crippen LogP contribution in [0.25, 0.3) is 0 Å². The van der Waals surface area contributed by atoms with Gasteiger partial charge in [-0.25, -0.2) is 35.6 Å². The lowest BCUT2D eigenvalue weighted by molar-refractivity contribution is 0.0678. The van der Waals surface area contributed by atoms with Gasteiger partial charge in [-0.3, -0.25) is 0 Å². The van der Waals surface area contributed by atoms with Crippen LogP contribution in [0.5, 0.6) is 11.5 Å². The molecule has 0 N–H and O–H groups in total. The van der Waals surface area contributed by atoms with Gasteiger partial charge < -0.3 is 14.0 Å². The van der Waals surface area contributed by atoms with Gasteiger partial charge in [-0.15, -0.1) is 0 Å². The van der Waals surface area contributed by atoms with Crippen molar-refractivity contribution in [3.05, 3.63) is 79.2 Å². The van der Waals surface area contributed by atoms with E-state index in [-0.39, 0.29) is 21.8 Å². The fourth-order valence-electron chi connectivity index (χ4n) is 2.78. The molecule has 0 amide bonds. The second-order valence-electron chi connectivity index (χ2n) is 6.65. The minimum Gasteiger partial charge on any atom is -0.744 e. The molecule has 0 aliphatic carbocycles. The standard InChI is InChI=1S/C20H5Br3F4I2O7S/c21-5-1-7(22)17(8(23)2-5)36-20(31)12-11(13(24)15(26)16(27)14(12)25)19(30)35-6-3-9(28)18(10(29)4-6)37(32,33)34/h1-4H,(H,32,33,34)/p-1. The van der Waals surface area contributed by atoms with Crippen molar-refractivity contribution in [2.24, 2.45) is 0 Å². The van der Waals surface area contributed by atoms with E-state index in [2.05, 4.69) is 47.8 Å². The molecule has 3 aromatic rings. The van der Waals surface area contributed by atoms with Crippen LogP contribution in [0.1, 0.15) is 20.7 Å². The van der Waals surface area contributed by atoms with Crippen LogP contribution in [0, 0.1) is 30.4 Å². The van der Waals surface area contributed by atoms with E-state index in [9.17, 15) is 40.1 Å². The molecule has 0 saturated heterocycles. The first-order valence-electron chi connectivity index (χ1n) is 8.94. The third kappa shape index (κ3) is 6.48. The Hall–Kier alpha value is -0.870. The van der Waals surface area contributed by atoms with Crippen molar-refractivity contribution >= 4 is 115 Å². The van der Waals surface area contributed by atoms with E-state index < -0.39 is 67.1 Å². The van der Waals surface area contributed by atoms with Crippen LogP contribution < -0.4 is 9.47 Å². The first-order valence-corrected chi connectivity index (χ1v) is 14.9. The summed E-state index contributed by atoms with van der Waals surface area (Å²) in [5.74, 6) is -13.6. The minimum absolute atomic E-state index is 0.132. The Morgan fingerprint density at radius 1 is 0.757 bits per heavy atom. The van der Waals surface area contributed by atoms with E-state index >= 15 is 0 Å². The number of carbonyl (C=O) groups is 2. The summed E-state index contributed by atoms with van der Waals surface area (Å²) in [4.78, 5) is 24.9. The summed E-state index contributed by atoms with van der Waals surface area (Å²) in [5.41, 5.74) is -3.23. The molecule has 0 aliphatic heterocycles. The molecule has 0 spiro atoms. The van der Waals surface area contributed by atoms with Crippen LogP contribution in [-0.2, 0) is 10.1 Å². The summed E-state index contributed by atoms with van der Waals surface area (Å²) in [6, 6.07) is 4.63. The highest BCUT2D eigenvalue weighted by Crippen LogP contribution is 2.38. The lowest BCUT2D eigenvalue weighted by Gasteiger charge is -2.15. The molecule has 7 nitrogen and oxygen atoms in total. The van der Waals surface area contributed by atoms with Crippen molar-refractivity contribution < 1.29 is 49.6 Å². The Labute approximate surface area is 257 Å². The fraction of sp³-hybridized carbons (Fsp3) is 0. The van der Waals surface area contributed by atoms with E-state index in [4.69, 9.17) is 9.47 Å². The van der Waals surface area contributed by atoms with Gasteiger partial charge in [0.15, 0.2) is 29.0 Å². The number of ether oxygens (including phenoxy) is 2. The Kier molecular flexibility index (Phi) is 9.70. The molecule has 0 fully saturated rings. The smallest absolute Gasteiger partial charge is 0.347 e. The molecule has 0 bridgehead atoms. The highest BCUT2D eigenvalue weighted by Gasteiger charge is 2.35. The third-order valence-corrected chi connectivity index (χ3v) is 9.27. The molecule has 37 heavy (non-hydrogen) atoms. The van der Waals surface area contributed by atoms with Crippen molar-refractivity contribution in [1.29, 1.82) is 0 Å². The van der Waals surface area contributed by atoms with Gasteiger partial charge in [0.25, 0.3) is 0 Å². The number of hydrogen-bond acceptors (Lipinski definition) is 7. The van der Waals surface area contributed by atoms with Gasteiger partial charge in [0.1, 0.15) is 27.0 Å². The Bertz CT molecular complexity index is 1560. The van der Waals surface area contributed by atoms with Crippen LogP contribution >= 0.6 is 93.0 Å². The fourth-order valence-corrected chi connectivity index (χ4v) is 9.12. The van der Waals surface area contributed by atoms with Crippen LogP contribution in [0.3, 0.4) is 0 Å². The van der Waals surface area contributed by atoms with Gasteiger partial charge in [-0.1, -0.05) is 15.9 Å². The predicted molar refractivity (Wildman–Crippen MR) is 146 cm³/mol. The maximum absolute atomic E-state index is 14.7. The average molecular weight is 958 g/mol. The van der Waals surface area contributed by atoms with Crippen molar-refractivity contribution in [1.82, 2.24) is 0 Å². The van der Waals surface area contributed by atoms with Crippen LogP contribution in [-0.4, -0.2) is 24.9 Å². The van der Waals surface area contributed by atoms with Crippen molar-refractivity contribution in [3.63, 3.8) is 0 Å². The Morgan fingerprint density at radius 3 is 1.57 bits per heavy atom. The minimum atomic E-state index is -4.92. The van der Waals surface area contributed by atoms with Gasteiger partial charge in [0.05, 0.1) is 13.8 Å². The summed E-state index contributed by atoms with van der Waals surface area (Å²) < 4.78 is 102. The Balaban J connectivity index is 2.12. The second kappa shape index (κ2) is 11.7. The lowest BCUT2D eigenvalue weighted by Crippen LogP contribution is -2.24. The molecule has 0 aliphatic rings. The summed E-state index contributed by atoms with van der Waals surface area (Å²) >= 11 is 12.2. The number of benzene rings is 3. The van der Waals surface area contributed by atoms with Gasteiger partial charge in [-0.05, 0) is 101 Å². The molecule has 3 aromatic carbocycles. The molecule has 0 heterocycles. The molecule has 0 saturated carbocycles. The largest absolute Gasteiger partial charge is 0.744 e. The summed E-state index contributed by atoms with van der Waals surface area (Å²) in [6.07, 6.45) is 0. The topological polar surface area (TPSA) is 110 Å². The zero-order valence-electron chi connectivity index (χ0n) is 17.0. The van der Waals surface area contributed by atoms with Gasteiger partial charge >= 0.3 is 11.9 Å². The number of carbonyl (C=O) groups excluding carboxylic acids is 2. The SMILES string of the molecule is O=C(Oc1cc(I)c(S(=O)(=O)[O-])c(I)c1)c1c(F)c(F)c(F)c(F)c1C(=O)Oc1c(Br)cc(Br)cc1Br. The molecular formula is C20H4Br3F4I2O7S-. The van der Waals surface area contributed by atoms with E-state index in [1.807, 2.05) is 0 Å². The van der Waals surface area contributed by atoms with Crippen LogP contribution in [0.4, 0.5) is 17.6 Å². The van der Waals surface area contributed by atoms with Crippen LogP contribution in [0.2, 0.25) is 0 Å². The first-order chi connectivity index (χ1) is 17.0. The average Bonchev–Trinajstić information content (AvgIpc) is 2.75. The molecule has 0 unspecified atom stereocenters. The maximum Gasteiger partial charge on any atom is 0.347 e. The van der Waals surface area contributed by atoms with E-state index in [0.29, 0.717) is 4.47 Å². The van der Waals surface area contributed by atoms with E-state index in [1.165, 1.54) is 57.3 Å². The van der Waals surface area contributed by atoms with Gasteiger partial charge in [0, 0.05) is 11.6 Å². The molecule has 17 heteroatoms. The molecule has 0 radical (unpaired) electrons. The number of rotatable bonds is 5. The van der Waals surface area contributed by atoms with Crippen molar-refractivity contribution in [3.8, 4) is 11.5 Å². The predicted octanol–water partition coefficient (Wildman–Crippen LogP) is 7.08. The third-order valence-electron chi connectivity index (χ3n) is 4.27. The molecule has 0 atom stereocenters. The zero-order valence-corrected chi connectivity index (χ0v) is 26.9. The van der Waals surface area contributed by atoms with E-state index in [1.54, 1.807) is 0 Å². The highest BCUT2D eigenvalue weighted by molar-refractivity contribution is 14.1. The van der Waals surface area contributed by atoms with E-state index in [0.717, 1.165) is 12.1 Å². The molecule has 196 valence electrons. The van der Waals surface area contributed by atoms with Crippen molar-refractivity contribution in [2.45, 2.75) is 4.90 Å². The monoisotopic (exact) mass is 955 g/mol. The number of esters is 2. The Morgan fingerprint density at radius 2 is 1.16 bits per heavy atom. The van der Waals surface area contributed by atoms with Crippen LogP contribution in [0.15, 0.2) is 42.6 Å². The van der Waals surface area contributed by atoms with Crippen molar-refractivity contribution in [2.75, 3.05) is 0 Å². The highest BCUT2D eigenvalue weighted by atomic mass is 127. The number of hydrogen-bond donors (Lipinski definition) is 0. The van der Waals surface area contributed by atoms with Gasteiger partial charge in [-0.2, -0.15) is 0 Å². The molecular weight excluding hydrogens is 954 g/mol. The van der Waals surface area contributed by atoms with Gasteiger partial charge in [0.2, 0.25) is 0 Å². The summed E-state index contributed by atoms with van der Waals surface area (Å²) in [6.45, 7) is 0. The summed E-state index contributed by atoms with van der Waals surface area (Å²) in [5, 5.41) is 0. The maximum atomic E-state index is 14.7. The molecule has 0 aromatic heterocycles. The zero-order chi connectivity index (χ0) is 28.0. The quantitative estimate of drug-likeness (QED) is 0.0512. The summed E-state index contributed by atoms with van der Waals surface area (Å²) in [7, 11) is -4.92. The molecule has 3 rings (SSSR count). The lowest BCUT2D eigenvalue weighted by atomic mass is 10.0. The first kappa shape index (κ1) is 30.7.